The van der Waals surface area contributed by atoms with E-state index in [0.29, 0.717) is 0 Å². The molecule has 1 aromatic carbocycles. The maximum absolute atomic E-state index is 13.4. The molecule has 18 heavy (non-hydrogen) atoms. The van der Waals surface area contributed by atoms with Gasteiger partial charge in [-0.15, -0.1) is 0 Å². The molecule has 0 saturated heterocycles. The van der Waals surface area contributed by atoms with Gasteiger partial charge in [-0.2, -0.15) is 0 Å². The van der Waals surface area contributed by atoms with E-state index in [1.165, 1.54) is 0 Å². The predicted octanol–water partition coefficient (Wildman–Crippen LogP) is 2.71. The minimum atomic E-state index is -1.42. The first-order valence-corrected chi connectivity index (χ1v) is 5.49. The van der Waals surface area contributed by atoms with Gasteiger partial charge in [0, 0.05) is 6.04 Å². The van der Waals surface area contributed by atoms with Crippen molar-refractivity contribution in [2.24, 2.45) is 0 Å². The lowest BCUT2D eigenvalue weighted by Gasteiger charge is -2.11. The Labute approximate surface area is 108 Å². The Morgan fingerprint density at radius 3 is 2.50 bits per heavy atom. The van der Waals surface area contributed by atoms with Crippen molar-refractivity contribution < 1.29 is 19.1 Å². The standard InChI is InChI=1S/C11H12ClFN2O3/c1-5(2)14-10(16)6-3-9(15-11(17)18)8(13)4-7(6)12/h3-5,15H,1-2H3,(H,14,16)(H,17,18). The summed E-state index contributed by atoms with van der Waals surface area (Å²) >= 11 is 5.74. The summed E-state index contributed by atoms with van der Waals surface area (Å²) in [6, 6.07) is 1.83. The number of benzene rings is 1. The molecule has 0 aliphatic carbocycles. The Morgan fingerprint density at radius 2 is 2.00 bits per heavy atom. The lowest BCUT2D eigenvalue weighted by Crippen LogP contribution is -2.30. The largest absolute Gasteiger partial charge is 0.465 e. The van der Waals surface area contributed by atoms with E-state index in [2.05, 4.69) is 5.32 Å². The molecular formula is C11H12ClFN2O3. The summed E-state index contributed by atoms with van der Waals surface area (Å²) in [4.78, 5) is 22.2. The van der Waals surface area contributed by atoms with Crippen LogP contribution >= 0.6 is 11.6 Å². The zero-order valence-electron chi connectivity index (χ0n) is 9.75. The van der Waals surface area contributed by atoms with E-state index in [4.69, 9.17) is 16.7 Å². The van der Waals surface area contributed by atoms with Crippen LogP contribution in [0.2, 0.25) is 5.02 Å². The van der Waals surface area contributed by atoms with E-state index in [1.54, 1.807) is 13.8 Å². The van der Waals surface area contributed by atoms with Crippen LogP contribution in [0.4, 0.5) is 14.9 Å². The summed E-state index contributed by atoms with van der Waals surface area (Å²) in [6.07, 6.45) is -1.42. The van der Waals surface area contributed by atoms with Gasteiger partial charge in [-0.05, 0) is 26.0 Å². The fraction of sp³-hybridized carbons (Fsp3) is 0.273. The molecule has 3 N–H and O–H groups in total. The minimum Gasteiger partial charge on any atom is -0.465 e. The highest BCUT2D eigenvalue weighted by atomic mass is 35.5. The van der Waals surface area contributed by atoms with Crippen molar-refractivity contribution in [2.75, 3.05) is 5.32 Å². The molecule has 5 nitrogen and oxygen atoms in total. The van der Waals surface area contributed by atoms with Crippen molar-refractivity contribution >= 4 is 29.3 Å². The average molecular weight is 275 g/mol. The molecule has 0 fully saturated rings. The van der Waals surface area contributed by atoms with E-state index >= 15 is 0 Å². The Kier molecular flexibility index (Phi) is 4.49. The molecule has 7 heteroatoms. The van der Waals surface area contributed by atoms with Gasteiger partial charge in [-0.25, -0.2) is 9.18 Å². The van der Waals surface area contributed by atoms with E-state index in [0.717, 1.165) is 12.1 Å². The molecule has 0 atom stereocenters. The second kappa shape index (κ2) is 5.68. The van der Waals surface area contributed by atoms with E-state index < -0.39 is 17.8 Å². The van der Waals surface area contributed by atoms with E-state index in [1.807, 2.05) is 5.32 Å². The second-order valence-electron chi connectivity index (χ2n) is 3.87. The summed E-state index contributed by atoms with van der Waals surface area (Å²) in [5.74, 6) is -1.34. The van der Waals surface area contributed by atoms with E-state index in [-0.39, 0.29) is 22.3 Å². The maximum Gasteiger partial charge on any atom is 0.409 e. The number of amides is 2. The summed E-state index contributed by atoms with van der Waals surface area (Å²) in [7, 11) is 0. The first-order chi connectivity index (χ1) is 8.31. The van der Waals surface area contributed by atoms with Gasteiger partial charge < -0.3 is 10.4 Å². The second-order valence-corrected chi connectivity index (χ2v) is 4.28. The van der Waals surface area contributed by atoms with Gasteiger partial charge in [-0.1, -0.05) is 11.6 Å². The molecule has 2 amide bonds. The quantitative estimate of drug-likeness (QED) is 0.793. The molecule has 0 aromatic heterocycles. The SMILES string of the molecule is CC(C)NC(=O)c1cc(NC(=O)O)c(F)cc1Cl. The first-order valence-electron chi connectivity index (χ1n) is 5.11. The minimum absolute atomic E-state index is 0.00974. The summed E-state index contributed by atoms with van der Waals surface area (Å²) in [5, 5.41) is 12.9. The highest BCUT2D eigenvalue weighted by Gasteiger charge is 2.16. The highest BCUT2D eigenvalue weighted by molar-refractivity contribution is 6.34. The molecule has 0 aliphatic heterocycles. The number of rotatable bonds is 3. The maximum atomic E-state index is 13.4. The normalized spacial score (nSPS) is 10.3. The predicted molar refractivity (Wildman–Crippen MR) is 65.7 cm³/mol. The van der Waals surface area contributed by atoms with Crippen LogP contribution in [0.15, 0.2) is 12.1 Å². The Balaban J connectivity index is 3.12. The number of halogens is 2. The lowest BCUT2D eigenvalue weighted by molar-refractivity contribution is 0.0943. The number of hydrogen-bond acceptors (Lipinski definition) is 2. The Morgan fingerprint density at radius 1 is 1.39 bits per heavy atom. The van der Waals surface area contributed by atoms with Crippen molar-refractivity contribution in [3.05, 3.63) is 28.5 Å². The average Bonchev–Trinajstić information content (AvgIpc) is 2.20. The highest BCUT2D eigenvalue weighted by Crippen LogP contribution is 2.24. The van der Waals surface area contributed by atoms with Gasteiger partial charge in [0.25, 0.3) is 5.91 Å². The Bertz CT molecular complexity index is 491. The lowest BCUT2D eigenvalue weighted by atomic mass is 10.1. The third-order valence-electron chi connectivity index (χ3n) is 1.96. The number of carbonyl (C=O) groups is 2. The third kappa shape index (κ3) is 3.59. The van der Waals surface area contributed by atoms with Crippen LogP contribution in [0.5, 0.6) is 0 Å². The summed E-state index contributed by atoms with van der Waals surface area (Å²) in [6.45, 7) is 3.51. The molecular weight excluding hydrogens is 263 g/mol. The topological polar surface area (TPSA) is 78.4 Å². The molecule has 0 saturated carbocycles. The smallest absolute Gasteiger partial charge is 0.409 e. The molecule has 0 spiro atoms. The fourth-order valence-corrected chi connectivity index (χ4v) is 1.51. The van der Waals surface area contributed by atoms with Gasteiger partial charge in [0.05, 0.1) is 16.3 Å². The van der Waals surface area contributed by atoms with Gasteiger partial charge >= 0.3 is 6.09 Å². The number of anilines is 1. The van der Waals surface area contributed by atoms with Gasteiger partial charge in [0.1, 0.15) is 5.82 Å². The first kappa shape index (κ1) is 14.2. The van der Waals surface area contributed by atoms with Crippen LogP contribution in [0.3, 0.4) is 0 Å². The van der Waals surface area contributed by atoms with Gasteiger partial charge in [0.2, 0.25) is 0 Å². The van der Waals surface area contributed by atoms with Crippen LogP contribution in [-0.2, 0) is 0 Å². The number of carbonyl (C=O) groups excluding carboxylic acids is 1. The number of hydrogen-bond donors (Lipinski definition) is 3. The summed E-state index contributed by atoms with van der Waals surface area (Å²) < 4.78 is 13.4. The fourth-order valence-electron chi connectivity index (χ4n) is 1.27. The van der Waals surface area contributed by atoms with Crippen LogP contribution in [-0.4, -0.2) is 23.1 Å². The van der Waals surface area contributed by atoms with Crippen molar-refractivity contribution in [1.29, 1.82) is 0 Å². The number of nitrogens with one attached hydrogen (secondary N) is 2. The van der Waals surface area contributed by atoms with Crippen LogP contribution in [0.1, 0.15) is 24.2 Å². The molecule has 0 bridgehead atoms. The van der Waals surface area contributed by atoms with Crippen LogP contribution in [0.25, 0.3) is 0 Å². The molecule has 0 unspecified atom stereocenters. The third-order valence-corrected chi connectivity index (χ3v) is 2.28. The molecule has 0 aliphatic rings. The monoisotopic (exact) mass is 274 g/mol. The van der Waals surface area contributed by atoms with Gasteiger partial charge in [-0.3, -0.25) is 10.1 Å². The summed E-state index contributed by atoms with van der Waals surface area (Å²) in [5.41, 5.74) is -0.309. The molecule has 1 aromatic rings. The molecule has 0 radical (unpaired) electrons. The van der Waals surface area contributed by atoms with E-state index in [9.17, 15) is 14.0 Å². The van der Waals surface area contributed by atoms with Crippen LogP contribution < -0.4 is 10.6 Å². The number of carboxylic acid groups (broad SMARTS) is 1. The zero-order chi connectivity index (χ0) is 13.9. The van der Waals surface area contributed by atoms with Gasteiger partial charge in [0.15, 0.2) is 0 Å². The molecule has 98 valence electrons. The van der Waals surface area contributed by atoms with Crippen molar-refractivity contribution in [3.63, 3.8) is 0 Å². The molecule has 0 heterocycles. The van der Waals surface area contributed by atoms with Crippen molar-refractivity contribution in [2.45, 2.75) is 19.9 Å². The van der Waals surface area contributed by atoms with Crippen molar-refractivity contribution in [1.82, 2.24) is 5.32 Å². The molecule has 1 rings (SSSR count). The van der Waals surface area contributed by atoms with Crippen LogP contribution in [0, 0.1) is 5.82 Å². The zero-order valence-corrected chi connectivity index (χ0v) is 10.5. The Hall–Kier alpha value is -1.82. The van der Waals surface area contributed by atoms with Crippen molar-refractivity contribution in [3.8, 4) is 0 Å².